The Bertz CT molecular complexity index is 549. The highest BCUT2D eigenvalue weighted by Crippen LogP contribution is 2.26. The van der Waals surface area contributed by atoms with Crippen molar-refractivity contribution in [3.63, 3.8) is 0 Å². The Morgan fingerprint density at radius 1 is 1.10 bits per heavy atom. The van der Waals surface area contributed by atoms with E-state index in [0.717, 1.165) is 28.9 Å². The third kappa shape index (κ3) is 3.85. The molecule has 0 bridgehead atoms. The average Bonchev–Trinajstić information content (AvgIpc) is 2.52. The molecular weight excluding hydrogens is 252 g/mol. The topological polar surface area (TPSA) is 35.5 Å². The summed E-state index contributed by atoms with van der Waals surface area (Å²) in [5, 5.41) is 0. The number of rotatable bonds is 7. The van der Waals surface area contributed by atoms with Crippen LogP contribution in [0.4, 0.5) is 0 Å². The largest absolute Gasteiger partial charge is 0.497 e. The molecule has 2 aromatic rings. The maximum absolute atomic E-state index is 10.6. The summed E-state index contributed by atoms with van der Waals surface area (Å²) in [6, 6.07) is 15.7. The minimum absolute atomic E-state index is 0.481. The Morgan fingerprint density at radius 3 is 2.60 bits per heavy atom. The molecule has 0 saturated heterocycles. The molecule has 2 aromatic carbocycles. The molecule has 0 heterocycles. The maximum Gasteiger partial charge on any atom is 0.123 e. The quantitative estimate of drug-likeness (QED) is 0.723. The van der Waals surface area contributed by atoms with Crippen LogP contribution in [0.3, 0.4) is 0 Å². The SMILES string of the molecule is COc1ccc(OCc2ccccc2)c(CCC=O)c1. The highest BCUT2D eigenvalue weighted by molar-refractivity contribution is 5.51. The van der Waals surface area contributed by atoms with Gasteiger partial charge in [0.2, 0.25) is 0 Å². The molecule has 3 heteroatoms. The van der Waals surface area contributed by atoms with Crippen LogP contribution in [-0.4, -0.2) is 13.4 Å². The van der Waals surface area contributed by atoms with Gasteiger partial charge < -0.3 is 14.3 Å². The summed E-state index contributed by atoms with van der Waals surface area (Å²) >= 11 is 0. The van der Waals surface area contributed by atoms with Crippen LogP contribution in [0.5, 0.6) is 11.5 Å². The molecule has 0 aliphatic carbocycles. The highest BCUT2D eigenvalue weighted by Gasteiger charge is 2.06. The van der Waals surface area contributed by atoms with Gasteiger partial charge in [-0.15, -0.1) is 0 Å². The van der Waals surface area contributed by atoms with Crippen molar-refractivity contribution >= 4 is 6.29 Å². The minimum Gasteiger partial charge on any atom is -0.497 e. The molecule has 0 N–H and O–H groups in total. The van der Waals surface area contributed by atoms with Crippen molar-refractivity contribution in [3.8, 4) is 11.5 Å². The molecule has 0 amide bonds. The van der Waals surface area contributed by atoms with Crippen LogP contribution in [0, 0.1) is 0 Å². The van der Waals surface area contributed by atoms with Crippen LogP contribution in [-0.2, 0) is 17.8 Å². The fourth-order valence-electron chi connectivity index (χ4n) is 1.97. The van der Waals surface area contributed by atoms with Gasteiger partial charge in [0.05, 0.1) is 7.11 Å². The van der Waals surface area contributed by atoms with Crippen LogP contribution >= 0.6 is 0 Å². The van der Waals surface area contributed by atoms with Crippen LogP contribution in [0.2, 0.25) is 0 Å². The highest BCUT2D eigenvalue weighted by atomic mass is 16.5. The minimum atomic E-state index is 0.481. The van der Waals surface area contributed by atoms with E-state index in [1.807, 2.05) is 48.5 Å². The molecule has 2 rings (SSSR count). The van der Waals surface area contributed by atoms with E-state index < -0.39 is 0 Å². The van der Waals surface area contributed by atoms with Gasteiger partial charge in [-0.1, -0.05) is 30.3 Å². The second kappa shape index (κ2) is 7.34. The Balaban J connectivity index is 2.11. The van der Waals surface area contributed by atoms with Crippen molar-refractivity contribution in [2.75, 3.05) is 7.11 Å². The number of carbonyl (C=O) groups excluding carboxylic acids is 1. The van der Waals surface area contributed by atoms with E-state index in [9.17, 15) is 4.79 Å². The van der Waals surface area contributed by atoms with E-state index in [1.165, 1.54) is 0 Å². The molecule has 104 valence electrons. The number of aryl methyl sites for hydroxylation is 1. The summed E-state index contributed by atoms with van der Waals surface area (Å²) in [4.78, 5) is 10.6. The second-order valence-electron chi connectivity index (χ2n) is 4.45. The number of carbonyl (C=O) groups is 1. The normalized spacial score (nSPS) is 10.1. The Morgan fingerprint density at radius 2 is 1.90 bits per heavy atom. The number of aldehydes is 1. The van der Waals surface area contributed by atoms with Gasteiger partial charge >= 0.3 is 0 Å². The zero-order valence-electron chi connectivity index (χ0n) is 11.5. The van der Waals surface area contributed by atoms with Gasteiger partial charge in [0.1, 0.15) is 24.4 Å². The van der Waals surface area contributed by atoms with E-state index in [2.05, 4.69) is 0 Å². The zero-order chi connectivity index (χ0) is 14.2. The number of hydrogen-bond donors (Lipinski definition) is 0. The summed E-state index contributed by atoms with van der Waals surface area (Å²) in [6.07, 6.45) is 2.06. The van der Waals surface area contributed by atoms with Gasteiger partial charge in [0.15, 0.2) is 0 Å². The first-order chi connectivity index (χ1) is 9.83. The Labute approximate surface area is 119 Å². The second-order valence-corrected chi connectivity index (χ2v) is 4.45. The molecule has 20 heavy (non-hydrogen) atoms. The number of benzene rings is 2. The van der Waals surface area contributed by atoms with Gasteiger partial charge in [-0.2, -0.15) is 0 Å². The fraction of sp³-hybridized carbons (Fsp3) is 0.235. The average molecular weight is 270 g/mol. The van der Waals surface area contributed by atoms with E-state index in [4.69, 9.17) is 9.47 Å². The summed E-state index contributed by atoms with van der Waals surface area (Å²) in [6.45, 7) is 0.515. The van der Waals surface area contributed by atoms with Crippen LogP contribution in [0.25, 0.3) is 0 Å². The molecule has 0 aliphatic heterocycles. The lowest BCUT2D eigenvalue weighted by Crippen LogP contribution is -1.99. The number of hydrogen-bond acceptors (Lipinski definition) is 3. The van der Waals surface area contributed by atoms with E-state index in [0.29, 0.717) is 19.4 Å². The van der Waals surface area contributed by atoms with Gasteiger partial charge in [0.25, 0.3) is 0 Å². The molecule has 0 aromatic heterocycles. The lowest BCUT2D eigenvalue weighted by atomic mass is 10.1. The molecule has 0 unspecified atom stereocenters. The van der Waals surface area contributed by atoms with Crippen molar-refractivity contribution in [2.24, 2.45) is 0 Å². The van der Waals surface area contributed by atoms with Crippen LogP contribution in [0.15, 0.2) is 48.5 Å². The molecule has 0 saturated carbocycles. The summed E-state index contributed by atoms with van der Waals surface area (Å²) < 4.78 is 11.1. The third-order valence-electron chi connectivity index (χ3n) is 3.04. The number of ether oxygens (including phenoxy) is 2. The standard InChI is InChI=1S/C17H18O3/c1-19-16-9-10-17(15(12-16)8-5-11-18)20-13-14-6-3-2-4-7-14/h2-4,6-7,9-12H,5,8,13H2,1H3. The van der Waals surface area contributed by atoms with Crippen molar-refractivity contribution < 1.29 is 14.3 Å². The van der Waals surface area contributed by atoms with E-state index in [-0.39, 0.29) is 0 Å². The monoisotopic (exact) mass is 270 g/mol. The predicted molar refractivity (Wildman–Crippen MR) is 78.2 cm³/mol. The molecule has 0 aliphatic rings. The summed E-state index contributed by atoms with van der Waals surface area (Å²) in [5.41, 5.74) is 2.11. The summed E-state index contributed by atoms with van der Waals surface area (Å²) in [5.74, 6) is 1.58. The predicted octanol–water partition coefficient (Wildman–Crippen LogP) is 3.41. The molecule has 0 spiro atoms. The van der Waals surface area contributed by atoms with Crippen molar-refractivity contribution in [3.05, 3.63) is 59.7 Å². The van der Waals surface area contributed by atoms with Gasteiger partial charge in [-0.25, -0.2) is 0 Å². The Hall–Kier alpha value is -2.29. The first kappa shape index (κ1) is 14.1. The smallest absolute Gasteiger partial charge is 0.123 e. The molecule has 0 fully saturated rings. The zero-order valence-corrected chi connectivity index (χ0v) is 11.5. The van der Waals surface area contributed by atoms with Gasteiger partial charge in [-0.05, 0) is 35.7 Å². The third-order valence-corrected chi connectivity index (χ3v) is 3.04. The molecular formula is C17H18O3. The van der Waals surface area contributed by atoms with Crippen molar-refractivity contribution in [1.29, 1.82) is 0 Å². The lowest BCUT2D eigenvalue weighted by Gasteiger charge is -2.12. The van der Waals surface area contributed by atoms with E-state index in [1.54, 1.807) is 7.11 Å². The first-order valence-electron chi connectivity index (χ1n) is 6.60. The Kier molecular flexibility index (Phi) is 5.18. The fourth-order valence-corrected chi connectivity index (χ4v) is 1.97. The molecule has 0 radical (unpaired) electrons. The van der Waals surface area contributed by atoms with Crippen LogP contribution in [0.1, 0.15) is 17.5 Å². The van der Waals surface area contributed by atoms with Gasteiger partial charge in [-0.3, -0.25) is 0 Å². The molecule has 0 atom stereocenters. The molecule has 3 nitrogen and oxygen atoms in total. The van der Waals surface area contributed by atoms with Crippen molar-refractivity contribution in [2.45, 2.75) is 19.4 Å². The number of methoxy groups -OCH3 is 1. The maximum atomic E-state index is 10.6. The summed E-state index contributed by atoms with van der Waals surface area (Å²) in [7, 11) is 1.63. The van der Waals surface area contributed by atoms with Crippen LogP contribution < -0.4 is 9.47 Å². The van der Waals surface area contributed by atoms with Crippen molar-refractivity contribution in [1.82, 2.24) is 0 Å². The van der Waals surface area contributed by atoms with E-state index >= 15 is 0 Å². The lowest BCUT2D eigenvalue weighted by molar-refractivity contribution is -0.107. The first-order valence-corrected chi connectivity index (χ1v) is 6.60. The van der Waals surface area contributed by atoms with Gasteiger partial charge in [0, 0.05) is 6.42 Å².